The fourth-order valence-corrected chi connectivity index (χ4v) is 4.32. The van der Waals surface area contributed by atoms with Crippen molar-refractivity contribution in [3.8, 4) is 11.4 Å². The molecule has 3 aromatic rings. The van der Waals surface area contributed by atoms with E-state index in [0.717, 1.165) is 5.56 Å². The largest absolute Gasteiger partial charge is 0.339 e. The van der Waals surface area contributed by atoms with Crippen molar-refractivity contribution in [1.29, 1.82) is 0 Å². The summed E-state index contributed by atoms with van der Waals surface area (Å²) in [6, 6.07) is 13.5. The van der Waals surface area contributed by atoms with Gasteiger partial charge in [-0.15, -0.1) is 0 Å². The van der Waals surface area contributed by atoms with Crippen LogP contribution in [0.5, 0.6) is 0 Å². The van der Waals surface area contributed by atoms with Crippen molar-refractivity contribution in [1.82, 2.24) is 10.1 Å². The van der Waals surface area contributed by atoms with Crippen LogP contribution in [0, 0.1) is 11.2 Å². The number of nitrogens with two attached hydrogens (primary N) is 1. The lowest BCUT2D eigenvalue weighted by atomic mass is 10.0. The van der Waals surface area contributed by atoms with Gasteiger partial charge in [0.25, 0.3) is 0 Å². The molecule has 140 valence electrons. The van der Waals surface area contributed by atoms with E-state index < -0.39 is 20.7 Å². The van der Waals surface area contributed by atoms with Crippen LogP contribution in [0.25, 0.3) is 11.4 Å². The number of halogens is 1. The van der Waals surface area contributed by atoms with Gasteiger partial charge in [-0.25, -0.2) is 17.9 Å². The molecular weight excluding hydrogens is 369 g/mol. The van der Waals surface area contributed by atoms with E-state index in [1.54, 1.807) is 6.07 Å². The van der Waals surface area contributed by atoms with Crippen molar-refractivity contribution in [2.75, 3.05) is 0 Å². The Bertz CT molecular complexity index is 1110. The second kappa shape index (κ2) is 5.97. The van der Waals surface area contributed by atoms with E-state index in [0.29, 0.717) is 17.3 Å². The highest BCUT2D eigenvalue weighted by Crippen LogP contribution is 2.69. The zero-order valence-electron chi connectivity index (χ0n) is 14.8. The number of nitrogens with zero attached hydrogens (tertiary/aromatic N) is 2. The average molecular weight is 387 g/mol. The molecule has 0 radical (unpaired) electrons. The lowest BCUT2D eigenvalue weighted by Gasteiger charge is -2.05. The molecule has 1 aliphatic carbocycles. The lowest BCUT2D eigenvalue weighted by Crippen LogP contribution is -2.14. The van der Waals surface area contributed by atoms with Crippen molar-refractivity contribution < 1.29 is 17.3 Å². The topological polar surface area (TPSA) is 99.1 Å². The third-order valence-electron chi connectivity index (χ3n) is 5.19. The number of primary sulfonamides is 1. The molecule has 1 aliphatic rings. The maximum atomic E-state index is 14.2. The maximum Gasteiger partial charge on any atom is 0.240 e. The summed E-state index contributed by atoms with van der Waals surface area (Å²) in [5.74, 6) is -0.0117. The second-order valence-electron chi connectivity index (χ2n) is 7.33. The molecule has 1 heterocycles. The van der Waals surface area contributed by atoms with Gasteiger partial charge in [0.1, 0.15) is 10.7 Å². The molecule has 6 nitrogen and oxygen atoms in total. The van der Waals surface area contributed by atoms with Gasteiger partial charge in [-0.3, -0.25) is 0 Å². The van der Waals surface area contributed by atoms with Crippen molar-refractivity contribution in [2.45, 2.75) is 30.6 Å². The highest BCUT2D eigenvalue weighted by molar-refractivity contribution is 7.89. The van der Waals surface area contributed by atoms with Crippen molar-refractivity contribution >= 4 is 10.0 Å². The van der Waals surface area contributed by atoms with Crippen LogP contribution in [-0.4, -0.2) is 18.6 Å². The number of rotatable bonds is 4. The number of hydrogen-bond donors (Lipinski definition) is 1. The first-order valence-corrected chi connectivity index (χ1v) is 9.95. The van der Waals surface area contributed by atoms with Crippen LogP contribution in [0.3, 0.4) is 0 Å². The van der Waals surface area contributed by atoms with E-state index in [-0.39, 0.29) is 17.3 Å². The highest BCUT2D eigenvalue weighted by Gasteiger charge is 2.62. The summed E-state index contributed by atoms with van der Waals surface area (Å²) < 4.78 is 42.5. The third kappa shape index (κ3) is 3.04. The summed E-state index contributed by atoms with van der Waals surface area (Å²) >= 11 is 0. The quantitative estimate of drug-likeness (QED) is 0.739. The van der Waals surface area contributed by atoms with Gasteiger partial charge in [-0.1, -0.05) is 55.4 Å². The first kappa shape index (κ1) is 17.8. The Morgan fingerprint density at radius 3 is 2.44 bits per heavy atom. The zero-order valence-corrected chi connectivity index (χ0v) is 15.6. The number of hydrogen-bond acceptors (Lipinski definition) is 5. The third-order valence-corrected chi connectivity index (χ3v) is 6.13. The Labute approximate surface area is 156 Å². The first-order valence-electron chi connectivity index (χ1n) is 8.41. The lowest BCUT2D eigenvalue weighted by molar-refractivity contribution is 0.368. The summed E-state index contributed by atoms with van der Waals surface area (Å²) in [5, 5.41) is 9.08. The van der Waals surface area contributed by atoms with Crippen LogP contribution >= 0.6 is 0 Å². The first-order chi connectivity index (χ1) is 12.7. The SMILES string of the molecule is CC1(C)[C@@H](c2ccc(S(N)(=O)=O)c(F)c2)[C@@H]1c1nc(-c2ccccc2)no1. The standard InChI is InChI=1S/C19H18FN3O3S/c1-19(2)15(12-8-9-14(13(20)10-12)27(21,24)25)16(19)18-22-17(23-26-18)11-6-4-3-5-7-11/h3-10,15-16H,1-2H3,(H2,21,24,25)/t15-,16+/m0/s1. The van der Waals surface area contributed by atoms with Gasteiger partial charge < -0.3 is 4.52 Å². The van der Waals surface area contributed by atoms with Crippen molar-refractivity contribution in [3.05, 3.63) is 65.8 Å². The van der Waals surface area contributed by atoms with E-state index in [1.165, 1.54) is 12.1 Å². The zero-order chi connectivity index (χ0) is 19.4. The van der Waals surface area contributed by atoms with Crippen LogP contribution < -0.4 is 5.14 Å². The summed E-state index contributed by atoms with van der Waals surface area (Å²) in [5.41, 5.74) is 1.30. The van der Waals surface area contributed by atoms with Gasteiger partial charge >= 0.3 is 0 Å². The molecule has 4 rings (SSSR count). The summed E-state index contributed by atoms with van der Waals surface area (Å²) in [4.78, 5) is 4.00. The van der Waals surface area contributed by atoms with Gasteiger partial charge in [-0.2, -0.15) is 4.98 Å². The fraction of sp³-hybridized carbons (Fsp3) is 0.263. The minimum Gasteiger partial charge on any atom is -0.339 e. The molecule has 0 spiro atoms. The molecule has 1 fully saturated rings. The summed E-state index contributed by atoms with van der Waals surface area (Å²) in [7, 11) is -4.09. The number of benzene rings is 2. The molecule has 27 heavy (non-hydrogen) atoms. The van der Waals surface area contributed by atoms with Gasteiger partial charge in [0.2, 0.25) is 21.7 Å². The summed E-state index contributed by atoms with van der Waals surface area (Å²) in [6.45, 7) is 4.06. The molecule has 0 aliphatic heterocycles. The molecule has 2 atom stereocenters. The number of aromatic nitrogens is 2. The van der Waals surface area contributed by atoms with Crippen LogP contribution in [-0.2, 0) is 10.0 Å². The van der Waals surface area contributed by atoms with Gasteiger partial charge in [0.15, 0.2) is 0 Å². The van der Waals surface area contributed by atoms with Crippen molar-refractivity contribution in [2.24, 2.45) is 10.6 Å². The highest BCUT2D eigenvalue weighted by atomic mass is 32.2. The molecular formula is C19H18FN3O3S. The molecule has 0 unspecified atom stereocenters. The Kier molecular flexibility index (Phi) is 3.94. The molecule has 0 saturated heterocycles. The number of sulfonamides is 1. The Balaban J connectivity index is 1.65. The Hall–Kier alpha value is -2.58. The normalized spacial score (nSPS) is 21.2. The smallest absolute Gasteiger partial charge is 0.240 e. The van der Waals surface area contributed by atoms with E-state index in [4.69, 9.17) is 9.66 Å². The van der Waals surface area contributed by atoms with Crippen LogP contribution in [0.1, 0.15) is 37.1 Å². The van der Waals surface area contributed by atoms with E-state index in [2.05, 4.69) is 10.1 Å². The van der Waals surface area contributed by atoms with E-state index in [9.17, 15) is 12.8 Å². The van der Waals surface area contributed by atoms with Crippen LogP contribution in [0.15, 0.2) is 57.9 Å². The fourth-order valence-electron chi connectivity index (χ4n) is 3.73. The molecule has 0 bridgehead atoms. The minimum atomic E-state index is -4.09. The molecule has 1 aromatic heterocycles. The Morgan fingerprint density at radius 2 is 1.81 bits per heavy atom. The molecule has 2 N–H and O–H groups in total. The molecule has 2 aromatic carbocycles. The minimum absolute atomic E-state index is 0.0643. The van der Waals surface area contributed by atoms with E-state index in [1.807, 2.05) is 44.2 Å². The van der Waals surface area contributed by atoms with Crippen LogP contribution in [0.4, 0.5) is 4.39 Å². The summed E-state index contributed by atoms with van der Waals surface area (Å²) in [6.07, 6.45) is 0. The van der Waals surface area contributed by atoms with Gasteiger partial charge in [0, 0.05) is 11.5 Å². The molecule has 1 saturated carbocycles. The average Bonchev–Trinajstić information content (AvgIpc) is 2.94. The molecule has 0 amide bonds. The van der Waals surface area contributed by atoms with Crippen LogP contribution in [0.2, 0.25) is 0 Å². The maximum absolute atomic E-state index is 14.2. The van der Waals surface area contributed by atoms with E-state index >= 15 is 0 Å². The predicted molar refractivity (Wildman–Crippen MR) is 96.8 cm³/mol. The molecule has 8 heteroatoms. The van der Waals surface area contributed by atoms with Gasteiger partial charge in [0.05, 0.1) is 5.92 Å². The predicted octanol–water partition coefficient (Wildman–Crippen LogP) is 3.43. The van der Waals surface area contributed by atoms with Crippen molar-refractivity contribution in [3.63, 3.8) is 0 Å². The Morgan fingerprint density at radius 1 is 1.11 bits per heavy atom. The monoisotopic (exact) mass is 387 g/mol. The second-order valence-corrected chi connectivity index (χ2v) is 8.86. The van der Waals surface area contributed by atoms with Gasteiger partial charge in [-0.05, 0) is 23.1 Å².